The summed E-state index contributed by atoms with van der Waals surface area (Å²) in [6.07, 6.45) is 0.125. The van der Waals surface area contributed by atoms with E-state index in [9.17, 15) is 23.1 Å². The maximum Gasteiger partial charge on any atom is 0.307 e. The molecule has 1 atom stereocenters. The van der Waals surface area contributed by atoms with Crippen molar-refractivity contribution in [1.82, 2.24) is 0 Å². The molecule has 3 rings (SSSR count). The van der Waals surface area contributed by atoms with E-state index in [1.54, 1.807) is 54.6 Å². The Hall–Kier alpha value is -3.25. The number of carboxylic acids is 1. The zero-order valence-electron chi connectivity index (χ0n) is 15.6. The molecule has 0 fully saturated rings. The molecule has 0 aromatic heterocycles. The summed E-state index contributed by atoms with van der Waals surface area (Å²) in [5.74, 6) is -2.94. The van der Waals surface area contributed by atoms with Gasteiger partial charge < -0.3 is 5.11 Å². The van der Waals surface area contributed by atoms with Gasteiger partial charge in [-0.2, -0.15) is 0 Å². The summed E-state index contributed by atoms with van der Waals surface area (Å²) in [4.78, 5) is 24.1. The van der Waals surface area contributed by atoms with E-state index < -0.39 is 27.5 Å². The van der Waals surface area contributed by atoms with Crippen LogP contribution in [0.15, 0.2) is 89.8 Å². The van der Waals surface area contributed by atoms with Crippen LogP contribution < -0.4 is 0 Å². The van der Waals surface area contributed by atoms with Crippen LogP contribution in [0.5, 0.6) is 0 Å². The molecular formula is C23H20O5S. The van der Waals surface area contributed by atoms with Gasteiger partial charge >= 0.3 is 5.97 Å². The highest BCUT2D eigenvalue weighted by molar-refractivity contribution is 7.91. The van der Waals surface area contributed by atoms with E-state index in [2.05, 4.69) is 0 Å². The van der Waals surface area contributed by atoms with Gasteiger partial charge in [0.25, 0.3) is 0 Å². The molecule has 29 heavy (non-hydrogen) atoms. The third-order valence-corrected chi connectivity index (χ3v) is 6.44. The number of carbonyl (C=O) groups is 2. The summed E-state index contributed by atoms with van der Waals surface area (Å²) in [6.45, 7) is 0. The monoisotopic (exact) mass is 408 g/mol. The maximum atomic E-state index is 12.7. The molecule has 0 amide bonds. The molecule has 3 aromatic carbocycles. The van der Waals surface area contributed by atoms with Gasteiger partial charge in [-0.25, -0.2) is 8.42 Å². The normalized spacial score (nSPS) is 12.3. The van der Waals surface area contributed by atoms with Gasteiger partial charge in [0.2, 0.25) is 0 Å². The summed E-state index contributed by atoms with van der Waals surface area (Å²) in [5, 5.41) is 9.48. The van der Waals surface area contributed by atoms with Crippen LogP contribution in [0.4, 0.5) is 0 Å². The van der Waals surface area contributed by atoms with Crippen LogP contribution in [0.1, 0.15) is 21.5 Å². The van der Waals surface area contributed by atoms with E-state index >= 15 is 0 Å². The van der Waals surface area contributed by atoms with Crippen molar-refractivity contribution in [2.45, 2.75) is 11.3 Å². The smallest absolute Gasteiger partial charge is 0.307 e. The number of hydrogen-bond acceptors (Lipinski definition) is 4. The van der Waals surface area contributed by atoms with Gasteiger partial charge in [-0.1, -0.05) is 60.7 Å². The first-order valence-corrected chi connectivity index (χ1v) is 10.7. The minimum atomic E-state index is -3.82. The summed E-state index contributed by atoms with van der Waals surface area (Å²) >= 11 is 0. The fourth-order valence-corrected chi connectivity index (χ4v) is 4.58. The van der Waals surface area contributed by atoms with Crippen molar-refractivity contribution in [3.63, 3.8) is 0 Å². The first-order valence-electron chi connectivity index (χ1n) is 9.06. The number of carboxylic acid groups (broad SMARTS) is 1. The molecule has 0 radical (unpaired) electrons. The second-order valence-corrected chi connectivity index (χ2v) is 8.76. The molecule has 0 heterocycles. The molecular weight excluding hydrogens is 388 g/mol. The molecule has 1 unspecified atom stereocenters. The lowest BCUT2D eigenvalue weighted by Gasteiger charge is -2.13. The van der Waals surface area contributed by atoms with Crippen molar-refractivity contribution in [3.8, 4) is 0 Å². The van der Waals surface area contributed by atoms with Gasteiger partial charge in [0.15, 0.2) is 15.6 Å². The highest BCUT2D eigenvalue weighted by Gasteiger charge is 2.27. The van der Waals surface area contributed by atoms with Gasteiger partial charge in [0.05, 0.1) is 16.6 Å². The Kier molecular flexibility index (Phi) is 6.24. The Labute approximate surface area is 169 Å². The summed E-state index contributed by atoms with van der Waals surface area (Å²) < 4.78 is 25.5. The Morgan fingerprint density at radius 3 is 1.83 bits per heavy atom. The second-order valence-electron chi connectivity index (χ2n) is 6.73. The lowest BCUT2D eigenvalue weighted by Crippen LogP contribution is -2.26. The van der Waals surface area contributed by atoms with Gasteiger partial charge in [-0.3, -0.25) is 9.59 Å². The van der Waals surface area contributed by atoms with Gasteiger partial charge in [0, 0.05) is 11.1 Å². The van der Waals surface area contributed by atoms with Crippen molar-refractivity contribution in [1.29, 1.82) is 0 Å². The molecule has 3 aromatic rings. The molecule has 6 heteroatoms. The van der Waals surface area contributed by atoms with Crippen molar-refractivity contribution in [2.75, 3.05) is 5.75 Å². The molecule has 0 spiro atoms. The molecule has 148 valence electrons. The number of ketones is 1. The maximum absolute atomic E-state index is 12.7. The number of sulfone groups is 1. The minimum absolute atomic E-state index is 0.00132. The fraction of sp³-hybridized carbons (Fsp3) is 0.130. The summed E-state index contributed by atoms with van der Waals surface area (Å²) in [7, 11) is -3.82. The fourth-order valence-electron chi connectivity index (χ4n) is 3.05. The molecule has 0 bridgehead atoms. The van der Waals surface area contributed by atoms with Crippen molar-refractivity contribution in [3.05, 3.63) is 102 Å². The second kappa shape index (κ2) is 8.84. The number of benzene rings is 3. The van der Waals surface area contributed by atoms with Crippen LogP contribution in [0.2, 0.25) is 0 Å². The largest absolute Gasteiger partial charge is 0.481 e. The van der Waals surface area contributed by atoms with E-state index in [0.29, 0.717) is 11.1 Å². The van der Waals surface area contributed by atoms with Crippen LogP contribution in [0, 0.1) is 5.92 Å². The first-order chi connectivity index (χ1) is 13.9. The number of carbonyl (C=O) groups excluding carboxylic acids is 1. The van der Waals surface area contributed by atoms with Crippen LogP contribution in [0.25, 0.3) is 0 Å². The quantitative estimate of drug-likeness (QED) is 0.575. The highest BCUT2D eigenvalue weighted by Crippen LogP contribution is 2.20. The summed E-state index contributed by atoms with van der Waals surface area (Å²) in [6, 6.07) is 23.2. The molecule has 0 saturated heterocycles. The number of hydrogen-bond donors (Lipinski definition) is 1. The van der Waals surface area contributed by atoms with Crippen LogP contribution in [0.3, 0.4) is 0 Å². The Morgan fingerprint density at radius 1 is 0.759 bits per heavy atom. The van der Waals surface area contributed by atoms with E-state index in [0.717, 1.165) is 5.56 Å². The third kappa shape index (κ3) is 5.18. The van der Waals surface area contributed by atoms with Crippen LogP contribution >= 0.6 is 0 Å². The lowest BCUT2D eigenvalue weighted by atomic mass is 10.0. The topological polar surface area (TPSA) is 88.5 Å². The summed E-state index contributed by atoms with van der Waals surface area (Å²) in [5.41, 5.74) is 1.64. The van der Waals surface area contributed by atoms with Crippen molar-refractivity contribution in [2.24, 2.45) is 5.92 Å². The SMILES string of the molecule is O=C(c1ccccc1)c1ccc(S(=O)(=O)CC(Cc2ccccc2)C(=O)O)cc1. The molecule has 0 aliphatic carbocycles. The molecule has 1 N–H and O–H groups in total. The van der Waals surface area contributed by atoms with Crippen molar-refractivity contribution < 1.29 is 23.1 Å². The van der Waals surface area contributed by atoms with Gasteiger partial charge in [-0.15, -0.1) is 0 Å². The molecule has 0 aliphatic rings. The van der Waals surface area contributed by atoms with Crippen molar-refractivity contribution >= 4 is 21.6 Å². The van der Waals surface area contributed by atoms with Crippen LogP contribution in [-0.4, -0.2) is 31.0 Å². The number of rotatable bonds is 8. The predicted molar refractivity (Wildman–Crippen MR) is 110 cm³/mol. The Balaban J connectivity index is 1.77. The van der Waals surface area contributed by atoms with E-state index in [-0.39, 0.29) is 17.1 Å². The van der Waals surface area contributed by atoms with E-state index in [1.807, 2.05) is 6.07 Å². The standard InChI is InChI=1S/C23H20O5S/c24-22(18-9-5-2-6-10-18)19-11-13-21(14-12-19)29(27,28)16-20(23(25)26)15-17-7-3-1-4-8-17/h1-14,20H,15-16H2,(H,25,26). The average Bonchev–Trinajstić information content (AvgIpc) is 2.74. The Bertz CT molecular complexity index is 1090. The van der Waals surface area contributed by atoms with Crippen LogP contribution in [-0.2, 0) is 21.1 Å². The zero-order valence-corrected chi connectivity index (χ0v) is 16.4. The zero-order chi connectivity index (χ0) is 20.9. The lowest BCUT2D eigenvalue weighted by molar-refractivity contribution is -0.140. The highest BCUT2D eigenvalue weighted by atomic mass is 32.2. The average molecular weight is 408 g/mol. The van der Waals surface area contributed by atoms with Gasteiger partial charge in [-0.05, 0) is 36.2 Å². The predicted octanol–water partition coefficient (Wildman–Crippen LogP) is 3.63. The Morgan fingerprint density at radius 2 is 1.28 bits per heavy atom. The van der Waals surface area contributed by atoms with Gasteiger partial charge in [0.1, 0.15) is 0 Å². The molecule has 0 saturated carbocycles. The molecule has 0 aliphatic heterocycles. The van der Waals surface area contributed by atoms with E-state index in [1.165, 1.54) is 24.3 Å². The first kappa shape index (κ1) is 20.5. The van der Waals surface area contributed by atoms with E-state index in [4.69, 9.17) is 0 Å². The third-order valence-electron chi connectivity index (χ3n) is 4.61. The molecule has 5 nitrogen and oxygen atoms in total. The minimum Gasteiger partial charge on any atom is -0.481 e. The number of aliphatic carboxylic acids is 1.